The van der Waals surface area contributed by atoms with Gasteiger partial charge in [0, 0.05) is 0 Å². The molecule has 38 valence electrons. The van der Waals surface area contributed by atoms with E-state index < -0.39 is 0 Å². The summed E-state index contributed by atoms with van der Waals surface area (Å²) in [6.07, 6.45) is 5.83. The molecule has 0 fully saturated rings. The maximum absolute atomic E-state index is 4.58. The van der Waals surface area contributed by atoms with Gasteiger partial charge in [-0.05, 0) is 0 Å². The van der Waals surface area contributed by atoms with Gasteiger partial charge in [-0.25, -0.2) is 0 Å². The molecule has 1 aliphatic rings. The molecular weight excluding hydrogens is 107 g/mol. The molecule has 2 nitrogen and oxygen atoms in total. The summed E-state index contributed by atoms with van der Waals surface area (Å²) in [6, 6.07) is 0. The Kier molecular flexibility index (Phi) is 3.58. The van der Waals surface area contributed by atoms with E-state index in [1.807, 2.05) is 0 Å². The van der Waals surface area contributed by atoms with Crippen LogP contribution in [0.3, 0.4) is 0 Å². The van der Waals surface area contributed by atoms with E-state index in [4.69, 9.17) is 0 Å². The summed E-state index contributed by atoms with van der Waals surface area (Å²) in [5.41, 5.74) is 0. The summed E-state index contributed by atoms with van der Waals surface area (Å²) in [5.74, 6) is 0. The minimum atomic E-state index is 0. The first kappa shape index (κ1) is 6.61. The lowest BCUT2D eigenvalue weighted by molar-refractivity contribution is 0.290. The monoisotopic (exact) mass is 114 g/mol. The third kappa shape index (κ3) is 2.33. The van der Waals surface area contributed by atoms with Crippen molar-refractivity contribution in [2.24, 2.45) is 0 Å². The van der Waals surface area contributed by atoms with Gasteiger partial charge >= 0.3 is 0 Å². The van der Waals surface area contributed by atoms with Crippen LogP contribution in [-0.4, -0.2) is 17.4 Å². The molecule has 0 aromatic carbocycles. The van der Waals surface area contributed by atoms with Gasteiger partial charge in [0.15, 0.2) is 17.4 Å². The second-order valence-corrected chi connectivity index (χ2v) is 0.816. The first-order valence-electron chi connectivity index (χ1n) is 1.61. The number of hydrogen-bond donors (Lipinski definition) is 0. The standard InChI is InChI=1S/C4H4O2.Al.3H/c1-2-6-4-3-5-1;;;;/h1-4H;;;;. The Bertz CT molecular complexity index is 67.7. The van der Waals surface area contributed by atoms with Crippen LogP contribution in [0.2, 0.25) is 0 Å². The van der Waals surface area contributed by atoms with Gasteiger partial charge in [-0.2, -0.15) is 0 Å². The van der Waals surface area contributed by atoms with Crippen LogP contribution < -0.4 is 0 Å². The first-order valence-corrected chi connectivity index (χ1v) is 1.61. The molecule has 0 aromatic heterocycles. The number of hydrogen-bond acceptors (Lipinski definition) is 2. The third-order valence-electron chi connectivity index (χ3n) is 0.425. The van der Waals surface area contributed by atoms with Crippen LogP contribution in [0.5, 0.6) is 0 Å². The van der Waals surface area contributed by atoms with Crippen molar-refractivity contribution in [1.82, 2.24) is 0 Å². The molecule has 0 unspecified atom stereocenters. The molecule has 7 heavy (non-hydrogen) atoms. The second kappa shape index (κ2) is 3.79. The van der Waals surface area contributed by atoms with Gasteiger partial charge in [0.1, 0.15) is 25.0 Å². The van der Waals surface area contributed by atoms with E-state index in [1.54, 1.807) is 0 Å². The van der Waals surface area contributed by atoms with Crippen molar-refractivity contribution < 1.29 is 9.47 Å². The van der Waals surface area contributed by atoms with Gasteiger partial charge in [-0.3, -0.25) is 0 Å². The largest absolute Gasteiger partial charge is 0.466 e. The van der Waals surface area contributed by atoms with Gasteiger partial charge in [0.25, 0.3) is 0 Å². The van der Waals surface area contributed by atoms with Crippen molar-refractivity contribution >= 4 is 17.4 Å². The molecular formula is C4H7AlO2. The van der Waals surface area contributed by atoms with Gasteiger partial charge in [-0.15, -0.1) is 0 Å². The summed E-state index contributed by atoms with van der Waals surface area (Å²) < 4.78 is 9.17. The van der Waals surface area contributed by atoms with Crippen molar-refractivity contribution in [3.63, 3.8) is 0 Å². The van der Waals surface area contributed by atoms with Crippen LogP contribution in [0.1, 0.15) is 0 Å². The van der Waals surface area contributed by atoms with Crippen LogP contribution in [-0.2, 0) is 9.47 Å². The molecule has 0 aromatic rings. The maximum atomic E-state index is 4.58. The molecule has 1 rings (SSSR count). The molecule has 0 spiro atoms. The average molecular weight is 114 g/mol. The van der Waals surface area contributed by atoms with Crippen molar-refractivity contribution in [3.8, 4) is 0 Å². The van der Waals surface area contributed by atoms with E-state index >= 15 is 0 Å². The Morgan fingerprint density at radius 2 is 1.00 bits per heavy atom. The average Bonchev–Trinajstić information content (AvgIpc) is 1.72. The lowest BCUT2D eigenvalue weighted by Gasteiger charge is -1.94. The molecule has 0 saturated carbocycles. The van der Waals surface area contributed by atoms with E-state index in [-0.39, 0.29) is 17.4 Å². The SMILES string of the molecule is C1=COC=CO1.[AlH3]. The Morgan fingerprint density at radius 3 is 1.14 bits per heavy atom. The van der Waals surface area contributed by atoms with E-state index in [0.717, 1.165) is 0 Å². The Balaban J connectivity index is 0.000000360. The lowest BCUT2D eigenvalue weighted by Crippen LogP contribution is -1.74. The maximum Gasteiger partial charge on any atom is 0.187 e. The van der Waals surface area contributed by atoms with Crippen LogP contribution in [0.4, 0.5) is 0 Å². The predicted octanol–water partition coefficient (Wildman–Crippen LogP) is -0.208. The lowest BCUT2D eigenvalue weighted by atomic mass is 10.9. The minimum absolute atomic E-state index is 0. The molecule has 0 bridgehead atoms. The fourth-order valence-corrected chi connectivity index (χ4v) is 0.219. The first-order chi connectivity index (χ1) is 3.00. The zero-order chi connectivity index (χ0) is 4.24. The molecule has 0 amide bonds. The van der Waals surface area contributed by atoms with Gasteiger partial charge in [0.05, 0.1) is 0 Å². The van der Waals surface area contributed by atoms with Crippen LogP contribution in [0, 0.1) is 0 Å². The summed E-state index contributed by atoms with van der Waals surface area (Å²) in [7, 11) is 0. The Labute approximate surface area is 52.5 Å². The third-order valence-corrected chi connectivity index (χ3v) is 0.425. The Hall–Kier alpha value is -0.388. The zero-order valence-electron chi connectivity index (χ0n) is 3.13. The fraction of sp³-hybridized carbons (Fsp3) is 0. The molecule has 0 radical (unpaired) electrons. The summed E-state index contributed by atoms with van der Waals surface area (Å²) in [4.78, 5) is 0. The summed E-state index contributed by atoms with van der Waals surface area (Å²) in [5, 5.41) is 0. The quantitative estimate of drug-likeness (QED) is 0.406. The highest BCUT2D eigenvalue weighted by Gasteiger charge is 1.74. The molecule has 0 aliphatic carbocycles. The normalized spacial score (nSPS) is 13.7. The number of rotatable bonds is 0. The highest BCUT2D eigenvalue weighted by atomic mass is 27.0. The van der Waals surface area contributed by atoms with E-state index in [0.29, 0.717) is 0 Å². The molecule has 0 saturated heterocycles. The van der Waals surface area contributed by atoms with Crippen molar-refractivity contribution in [2.75, 3.05) is 0 Å². The van der Waals surface area contributed by atoms with Gasteiger partial charge in [-0.1, -0.05) is 0 Å². The molecule has 3 heteroatoms. The fourth-order valence-electron chi connectivity index (χ4n) is 0.219. The summed E-state index contributed by atoms with van der Waals surface area (Å²) in [6.45, 7) is 0. The highest BCUT2D eigenvalue weighted by molar-refractivity contribution is 5.75. The van der Waals surface area contributed by atoms with E-state index in [1.165, 1.54) is 25.0 Å². The minimum Gasteiger partial charge on any atom is -0.466 e. The predicted molar refractivity (Wildman–Crippen MR) is 30.4 cm³/mol. The highest BCUT2D eigenvalue weighted by Crippen LogP contribution is 1.89. The van der Waals surface area contributed by atoms with E-state index in [9.17, 15) is 0 Å². The second-order valence-electron chi connectivity index (χ2n) is 0.816. The van der Waals surface area contributed by atoms with Gasteiger partial charge < -0.3 is 9.47 Å². The topological polar surface area (TPSA) is 18.5 Å². The molecule has 0 atom stereocenters. The number of ether oxygens (including phenoxy) is 2. The molecule has 1 heterocycles. The van der Waals surface area contributed by atoms with Crippen LogP contribution in [0.25, 0.3) is 0 Å². The summed E-state index contributed by atoms with van der Waals surface area (Å²) >= 11 is 0. The Morgan fingerprint density at radius 1 is 0.714 bits per heavy atom. The van der Waals surface area contributed by atoms with Crippen LogP contribution in [0.15, 0.2) is 25.0 Å². The van der Waals surface area contributed by atoms with Crippen molar-refractivity contribution in [1.29, 1.82) is 0 Å². The van der Waals surface area contributed by atoms with E-state index in [2.05, 4.69) is 9.47 Å². The van der Waals surface area contributed by atoms with Gasteiger partial charge in [0.2, 0.25) is 0 Å². The zero-order valence-corrected chi connectivity index (χ0v) is 3.13. The molecule has 0 N–H and O–H groups in total. The van der Waals surface area contributed by atoms with Crippen molar-refractivity contribution in [2.45, 2.75) is 0 Å². The van der Waals surface area contributed by atoms with Crippen LogP contribution >= 0.6 is 0 Å². The van der Waals surface area contributed by atoms with Crippen molar-refractivity contribution in [3.05, 3.63) is 25.0 Å². The smallest absolute Gasteiger partial charge is 0.187 e. The molecule has 1 aliphatic heterocycles.